The van der Waals surface area contributed by atoms with Crippen molar-refractivity contribution in [1.29, 1.82) is 0 Å². The first-order valence-electron chi connectivity index (χ1n) is 7.39. The van der Waals surface area contributed by atoms with Gasteiger partial charge in [0.1, 0.15) is 0 Å². The number of aryl methyl sites for hydroxylation is 1. The molecule has 0 aliphatic heterocycles. The minimum atomic E-state index is -0.346. The highest BCUT2D eigenvalue weighted by Crippen LogP contribution is 2.39. The molecule has 0 radical (unpaired) electrons. The minimum Gasteiger partial charge on any atom is -0.493 e. The maximum atomic E-state index is 10.2. The van der Waals surface area contributed by atoms with Crippen molar-refractivity contribution in [3.8, 4) is 17.2 Å². The first-order chi connectivity index (χ1) is 9.83. The Morgan fingerprint density at radius 3 is 2.00 bits per heavy atom. The van der Waals surface area contributed by atoms with Gasteiger partial charge in [-0.3, -0.25) is 0 Å². The molecule has 4 heteroatoms. The van der Waals surface area contributed by atoms with Crippen molar-refractivity contribution in [3.63, 3.8) is 0 Å². The monoisotopic (exact) mass is 296 g/mol. The van der Waals surface area contributed by atoms with Crippen molar-refractivity contribution in [1.82, 2.24) is 0 Å². The standard InChI is InChI=1S/C17H28O4/c1-7-21-16-13(19-5)10-12(11-14(16)20-6)8-9-15(18)17(2,3)4/h10-11,15,18H,7-9H2,1-6H3. The van der Waals surface area contributed by atoms with Gasteiger partial charge in [0.05, 0.1) is 26.9 Å². The Kier molecular flexibility index (Phi) is 6.34. The molecule has 1 N–H and O–H groups in total. The van der Waals surface area contributed by atoms with E-state index < -0.39 is 0 Å². The van der Waals surface area contributed by atoms with E-state index >= 15 is 0 Å². The third kappa shape index (κ3) is 4.81. The van der Waals surface area contributed by atoms with E-state index in [0.717, 1.165) is 12.0 Å². The van der Waals surface area contributed by atoms with Gasteiger partial charge in [0.25, 0.3) is 0 Å². The summed E-state index contributed by atoms with van der Waals surface area (Å²) in [5, 5.41) is 10.2. The zero-order chi connectivity index (χ0) is 16.0. The average molecular weight is 296 g/mol. The Balaban J connectivity index is 2.94. The van der Waals surface area contributed by atoms with Crippen molar-refractivity contribution in [2.75, 3.05) is 20.8 Å². The van der Waals surface area contributed by atoms with Gasteiger partial charge in [0.15, 0.2) is 11.5 Å². The van der Waals surface area contributed by atoms with Crippen molar-refractivity contribution in [2.45, 2.75) is 46.6 Å². The molecule has 0 saturated carbocycles. The number of ether oxygens (including phenoxy) is 3. The number of hydrogen-bond donors (Lipinski definition) is 1. The first-order valence-corrected chi connectivity index (χ1v) is 7.39. The molecule has 0 fully saturated rings. The van der Waals surface area contributed by atoms with E-state index in [4.69, 9.17) is 14.2 Å². The SMILES string of the molecule is CCOc1c(OC)cc(CCC(O)C(C)(C)C)cc1OC. The number of aliphatic hydroxyl groups excluding tert-OH is 1. The molecule has 0 aromatic heterocycles. The number of hydrogen-bond acceptors (Lipinski definition) is 4. The topological polar surface area (TPSA) is 47.9 Å². The molecule has 1 aromatic carbocycles. The summed E-state index contributed by atoms with van der Waals surface area (Å²) in [5.74, 6) is 1.95. The molecule has 0 heterocycles. The fourth-order valence-corrected chi connectivity index (χ4v) is 2.10. The Bertz CT molecular complexity index is 424. The summed E-state index contributed by atoms with van der Waals surface area (Å²) in [7, 11) is 3.23. The second-order valence-electron chi connectivity index (χ2n) is 6.18. The van der Waals surface area contributed by atoms with Crippen molar-refractivity contribution in [3.05, 3.63) is 17.7 Å². The zero-order valence-electron chi connectivity index (χ0n) is 14.0. The normalized spacial score (nSPS) is 12.9. The van der Waals surface area contributed by atoms with Gasteiger partial charge in [-0.2, -0.15) is 0 Å². The summed E-state index contributed by atoms with van der Waals surface area (Å²) in [6, 6.07) is 3.89. The Morgan fingerprint density at radius 1 is 1.10 bits per heavy atom. The molecule has 1 unspecified atom stereocenters. The molecule has 0 bridgehead atoms. The van der Waals surface area contributed by atoms with E-state index in [0.29, 0.717) is 30.3 Å². The van der Waals surface area contributed by atoms with Crippen molar-refractivity contribution in [2.24, 2.45) is 5.41 Å². The maximum absolute atomic E-state index is 10.2. The predicted octanol–water partition coefficient (Wildman–Crippen LogP) is 3.44. The van der Waals surface area contributed by atoms with Crippen molar-refractivity contribution < 1.29 is 19.3 Å². The molecule has 1 rings (SSSR count). The van der Waals surface area contributed by atoms with E-state index in [1.165, 1.54) is 0 Å². The lowest BCUT2D eigenvalue weighted by molar-refractivity contribution is 0.0560. The second-order valence-corrected chi connectivity index (χ2v) is 6.18. The van der Waals surface area contributed by atoms with Gasteiger partial charge < -0.3 is 19.3 Å². The number of benzene rings is 1. The molecule has 0 amide bonds. The molecule has 1 aromatic rings. The zero-order valence-corrected chi connectivity index (χ0v) is 14.0. The van der Waals surface area contributed by atoms with Crippen LogP contribution in [-0.4, -0.2) is 32.0 Å². The number of aliphatic hydroxyl groups is 1. The Morgan fingerprint density at radius 2 is 1.62 bits per heavy atom. The summed E-state index contributed by atoms with van der Waals surface area (Å²) in [4.78, 5) is 0. The molecular formula is C17H28O4. The average Bonchev–Trinajstić information content (AvgIpc) is 2.44. The van der Waals surface area contributed by atoms with Gasteiger partial charge >= 0.3 is 0 Å². The van der Waals surface area contributed by atoms with E-state index in [9.17, 15) is 5.11 Å². The van der Waals surface area contributed by atoms with E-state index in [1.807, 2.05) is 39.8 Å². The van der Waals surface area contributed by atoms with Crippen LogP contribution in [0, 0.1) is 5.41 Å². The number of methoxy groups -OCH3 is 2. The Labute approximate surface area is 128 Å². The van der Waals surface area contributed by atoms with Gasteiger partial charge in [-0.05, 0) is 42.9 Å². The smallest absolute Gasteiger partial charge is 0.203 e. The van der Waals surface area contributed by atoms with Gasteiger partial charge in [0.2, 0.25) is 5.75 Å². The number of rotatable bonds is 7. The minimum absolute atomic E-state index is 0.112. The summed E-state index contributed by atoms with van der Waals surface area (Å²) < 4.78 is 16.4. The van der Waals surface area contributed by atoms with Crippen LogP contribution in [0.5, 0.6) is 17.2 Å². The lowest BCUT2D eigenvalue weighted by atomic mass is 9.86. The third-order valence-electron chi connectivity index (χ3n) is 3.52. The summed E-state index contributed by atoms with van der Waals surface area (Å²) >= 11 is 0. The molecule has 21 heavy (non-hydrogen) atoms. The van der Waals surface area contributed by atoms with Crippen LogP contribution in [0.3, 0.4) is 0 Å². The fraction of sp³-hybridized carbons (Fsp3) is 0.647. The predicted molar refractivity (Wildman–Crippen MR) is 84.5 cm³/mol. The highest BCUT2D eigenvalue weighted by Gasteiger charge is 2.22. The van der Waals surface area contributed by atoms with Crippen LogP contribution in [-0.2, 0) is 6.42 Å². The molecule has 0 spiro atoms. The molecular weight excluding hydrogens is 268 g/mol. The lowest BCUT2D eigenvalue weighted by Crippen LogP contribution is -2.26. The van der Waals surface area contributed by atoms with E-state index in [-0.39, 0.29) is 11.5 Å². The van der Waals surface area contributed by atoms with Crippen LogP contribution in [0.2, 0.25) is 0 Å². The third-order valence-corrected chi connectivity index (χ3v) is 3.52. The second kappa shape index (κ2) is 7.55. The van der Waals surface area contributed by atoms with Gasteiger partial charge in [-0.25, -0.2) is 0 Å². The van der Waals surface area contributed by atoms with Crippen LogP contribution in [0.25, 0.3) is 0 Å². The van der Waals surface area contributed by atoms with Crippen LogP contribution in [0.4, 0.5) is 0 Å². The van der Waals surface area contributed by atoms with Gasteiger partial charge in [-0.15, -0.1) is 0 Å². The molecule has 0 aliphatic rings. The molecule has 0 aliphatic carbocycles. The molecule has 120 valence electrons. The van der Waals surface area contributed by atoms with E-state index in [2.05, 4.69) is 0 Å². The molecule has 1 atom stereocenters. The summed E-state index contributed by atoms with van der Waals surface area (Å²) in [5.41, 5.74) is 0.954. The summed E-state index contributed by atoms with van der Waals surface area (Å²) in [6.07, 6.45) is 1.11. The quantitative estimate of drug-likeness (QED) is 0.837. The highest BCUT2D eigenvalue weighted by atomic mass is 16.5. The summed E-state index contributed by atoms with van der Waals surface area (Å²) in [6.45, 7) is 8.59. The van der Waals surface area contributed by atoms with Gasteiger partial charge in [0, 0.05) is 0 Å². The van der Waals surface area contributed by atoms with Crippen LogP contribution >= 0.6 is 0 Å². The Hall–Kier alpha value is -1.42. The molecule has 0 saturated heterocycles. The fourth-order valence-electron chi connectivity index (χ4n) is 2.10. The largest absolute Gasteiger partial charge is 0.493 e. The maximum Gasteiger partial charge on any atom is 0.203 e. The van der Waals surface area contributed by atoms with Crippen LogP contribution < -0.4 is 14.2 Å². The van der Waals surface area contributed by atoms with Gasteiger partial charge in [-0.1, -0.05) is 20.8 Å². The van der Waals surface area contributed by atoms with Crippen LogP contribution in [0.1, 0.15) is 39.7 Å². The highest BCUT2D eigenvalue weighted by molar-refractivity contribution is 5.53. The van der Waals surface area contributed by atoms with E-state index in [1.54, 1.807) is 14.2 Å². The van der Waals surface area contributed by atoms with Crippen molar-refractivity contribution >= 4 is 0 Å². The lowest BCUT2D eigenvalue weighted by Gasteiger charge is -2.26. The molecule has 4 nitrogen and oxygen atoms in total. The first kappa shape index (κ1) is 17.6. The van der Waals surface area contributed by atoms with Crippen LogP contribution in [0.15, 0.2) is 12.1 Å².